The highest BCUT2D eigenvalue weighted by Gasteiger charge is 2.17. The molecule has 0 heterocycles. The van der Waals surface area contributed by atoms with Gasteiger partial charge in [0.2, 0.25) is 5.91 Å². The second-order valence-electron chi connectivity index (χ2n) is 6.83. The summed E-state index contributed by atoms with van der Waals surface area (Å²) in [6, 6.07) is 10.4. The minimum atomic E-state index is 0.175. The molecule has 0 saturated heterocycles. The monoisotopic (exact) mass is 376 g/mol. The lowest BCUT2D eigenvalue weighted by Crippen LogP contribution is -2.43. The third-order valence-corrected chi connectivity index (χ3v) is 5.66. The minimum Gasteiger partial charge on any atom is -0.355 e. The molecule has 0 radical (unpaired) electrons. The summed E-state index contributed by atoms with van der Waals surface area (Å²) in [7, 11) is 1.77. The van der Waals surface area contributed by atoms with Crippen molar-refractivity contribution in [1.29, 1.82) is 0 Å². The number of guanidine groups is 1. The van der Waals surface area contributed by atoms with Gasteiger partial charge in [-0.25, -0.2) is 0 Å². The molecule has 3 N–H and O–H groups in total. The molecule has 1 atom stereocenters. The lowest BCUT2D eigenvalue weighted by Gasteiger charge is -2.16. The number of amides is 1. The second kappa shape index (κ2) is 11.8. The first-order valence-corrected chi connectivity index (χ1v) is 10.5. The summed E-state index contributed by atoms with van der Waals surface area (Å²) in [5.41, 5.74) is 0. The number of benzene rings is 1. The van der Waals surface area contributed by atoms with E-state index in [2.05, 4.69) is 52.1 Å². The fraction of sp³-hybridized carbons (Fsp3) is 0.600. The Labute approximate surface area is 161 Å². The molecule has 0 aliphatic heterocycles. The van der Waals surface area contributed by atoms with E-state index in [1.54, 1.807) is 7.05 Å². The molecular weight excluding hydrogens is 344 g/mol. The molecule has 1 aromatic carbocycles. The standard InChI is InChI=1S/C20H32N4OS/c1-16(26-18-10-4-3-5-11-18)15-24-20(21-2)23-13-12-22-19(25)14-17-8-6-7-9-17/h3-5,10-11,16-17H,6-9,12-15H2,1-2H3,(H,22,25)(H2,21,23,24). The first-order valence-electron chi connectivity index (χ1n) is 9.60. The van der Waals surface area contributed by atoms with Crippen LogP contribution in [0.4, 0.5) is 0 Å². The lowest BCUT2D eigenvalue weighted by molar-refractivity contribution is -0.121. The van der Waals surface area contributed by atoms with Crippen LogP contribution in [-0.4, -0.2) is 43.8 Å². The molecule has 0 bridgehead atoms. The number of nitrogens with one attached hydrogen (secondary N) is 3. The molecule has 1 fully saturated rings. The van der Waals surface area contributed by atoms with Crippen LogP contribution in [0.25, 0.3) is 0 Å². The summed E-state index contributed by atoms with van der Waals surface area (Å²) in [6.07, 6.45) is 5.66. The van der Waals surface area contributed by atoms with E-state index >= 15 is 0 Å². The van der Waals surface area contributed by atoms with Crippen LogP contribution in [0, 0.1) is 5.92 Å². The van der Waals surface area contributed by atoms with Crippen molar-refractivity contribution < 1.29 is 4.79 Å². The Morgan fingerprint density at radius 2 is 1.85 bits per heavy atom. The van der Waals surface area contributed by atoms with Crippen molar-refractivity contribution in [3.05, 3.63) is 30.3 Å². The summed E-state index contributed by atoms with van der Waals surface area (Å²) in [5, 5.41) is 10.0. The normalized spacial score (nSPS) is 16.3. The van der Waals surface area contributed by atoms with Crippen molar-refractivity contribution >= 4 is 23.6 Å². The smallest absolute Gasteiger partial charge is 0.220 e. The Hall–Kier alpha value is -1.69. The maximum atomic E-state index is 11.9. The number of carbonyl (C=O) groups excluding carboxylic acids is 1. The first-order chi connectivity index (χ1) is 12.7. The molecule has 26 heavy (non-hydrogen) atoms. The Morgan fingerprint density at radius 1 is 1.15 bits per heavy atom. The quantitative estimate of drug-likeness (QED) is 0.268. The largest absolute Gasteiger partial charge is 0.355 e. The molecule has 1 saturated carbocycles. The molecule has 0 aromatic heterocycles. The zero-order valence-corrected chi connectivity index (χ0v) is 16.8. The van der Waals surface area contributed by atoms with Gasteiger partial charge in [-0.05, 0) is 30.9 Å². The summed E-state index contributed by atoms with van der Waals surface area (Å²) < 4.78 is 0. The van der Waals surface area contributed by atoms with Crippen molar-refractivity contribution in [3.63, 3.8) is 0 Å². The van der Waals surface area contributed by atoms with Crippen molar-refractivity contribution in [2.75, 3.05) is 26.7 Å². The van der Waals surface area contributed by atoms with Crippen LogP contribution in [0.1, 0.15) is 39.0 Å². The van der Waals surface area contributed by atoms with Crippen LogP contribution in [0.2, 0.25) is 0 Å². The zero-order chi connectivity index (χ0) is 18.6. The van der Waals surface area contributed by atoms with Gasteiger partial charge in [-0.1, -0.05) is 38.0 Å². The Morgan fingerprint density at radius 3 is 2.54 bits per heavy atom. The minimum absolute atomic E-state index is 0.175. The van der Waals surface area contributed by atoms with Gasteiger partial charge >= 0.3 is 0 Å². The number of rotatable bonds is 9. The highest BCUT2D eigenvalue weighted by molar-refractivity contribution is 8.00. The van der Waals surface area contributed by atoms with Crippen molar-refractivity contribution in [3.8, 4) is 0 Å². The Bertz CT molecular complexity index is 558. The zero-order valence-electron chi connectivity index (χ0n) is 16.0. The van der Waals surface area contributed by atoms with Crippen LogP contribution in [0.15, 0.2) is 40.2 Å². The van der Waals surface area contributed by atoms with Crippen molar-refractivity contribution in [2.45, 2.75) is 49.2 Å². The first kappa shape index (κ1) is 20.6. The molecule has 0 spiro atoms. The van der Waals surface area contributed by atoms with Gasteiger partial charge in [0.1, 0.15) is 0 Å². The van der Waals surface area contributed by atoms with Crippen LogP contribution in [0.5, 0.6) is 0 Å². The predicted molar refractivity (Wildman–Crippen MR) is 111 cm³/mol. The van der Waals surface area contributed by atoms with Gasteiger partial charge in [0, 0.05) is 43.2 Å². The maximum absolute atomic E-state index is 11.9. The molecule has 6 heteroatoms. The molecular formula is C20H32N4OS. The topological polar surface area (TPSA) is 65.5 Å². The average Bonchev–Trinajstić information content (AvgIpc) is 3.15. The van der Waals surface area contributed by atoms with Gasteiger partial charge in [-0.15, -0.1) is 11.8 Å². The van der Waals surface area contributed by atoms with Gasteiger partial charge < -0.3 is 16.0 Å². The SMILES string of the molecule is CN=C(NCCNC(=O)CC1CCCC1)NCC(C)Sc1ccccc1. The number of carbonyl (C=O) groups is 1. The van der Waals surface area contributed by atoms with Crippen LogP contribution < -0.4 is 16.0 Å². The second-order valence-corrected chi connectivity index (χ2v) is 8.34. The summed E-state index contributed by atoms with van der Waals surface area (Å²) in [6.45, 7) is 4.32. The van der Waals surface area contributed by atoms with Crippen LogP contribution >= 0.6 is 11.8 Å². The third-order valence-electron chi connectivity index (χ3n) is 4.55. The highest BCUT2D eigenvalue weighted by atomic mass is 32.2. The van der Waals surface area contributed by atoms with Gasteiger partial charge in [0.05, 0.1) is 0 Å². The molecule has 1 amide bonds. The number of thioether (sulfide) groups is 1. The summed E-state index contributed by atoms with van der Waals surface area (Å²) >= 11 is 1.84. The molecule has 2 rings (SSSR count). The summed E-state index contributed by atoms with van der Waals surface area (Å²) in [5.74, 6) is 1.55. The van der Waals surface area contributed by atoms with E-state index in [9.17, 15) is 4.79 Å². The average molecular weight is 377 g/mol. The van der Waals surface area contributed by atoms with Gasteiger partial charge in [-0.3, -0.25) is 9.79 Å². The van der Waals surface area contributed by atoms with E-state index in [4.69, 9.17) is 0 Å². The molecule has 1 aromatic rings. The van der Waals surface area contributed by atoms with E-state index in [1.165, 1.54) is 30.6 Å². The number of hydrogen-bond acceptors (Lipinski definition) is 3. The van der Waals surface area contributed by atoms with Crippen molar-refractivity contribution in [2.24, 2.45) is 10.9 Å². The maximum Gasteiger partial charge on any atom is 0.220 e. The van der Waals surface area contributed by atoms with Crippen LogP contribution in [0.3, 0.4) is 0 Å². The van der Waals surface area contributed by atoms with Gasteiger partial charge in [0.15, 0.2) is 5.96 Å². The lowest BCUT2D eigenvalue weighted by atomic mass is 10.0. The third kappa shape index (κ3) is 8.13. The number of aliphatic imine (C=N–C) groups is 1. The van der Waals surface area contributed by atoms with Gasteiger partial charge in [-0.2, -0.15) is 0 Å². The molecule has 1 unspecified atom stereocenters. The molecule has 1 aliphatic rings. The number of nitrogens with zero attached hydrogens (tertiary/aromatic N) is 1. The van der Waals surface area contributed by atoms with E-state index in [1.807, 2.05) is 17.8 Å². The van der Waals surface area contributed by atoms with E-state index < -0.39 is 0 Å². The van der Waals surface area contributed by atoms with Gasteiger partial charge in [0.25, 0.3) is 0 Å². The van der Waals surface area contributed by atoms with E-state index in [0.717, 1.165) is 12.5 Å². The molecule has 5 nitrogen and oxygen atoms in total. The molecule has 144 valence electrons. The predicted octanol–water partition coefficient (Wildman–Crippen LogP) is 3.03. The fourth-order valence-electron chi connectivity index (χ4n) is 3.17. The Kier molecular flexibility index (Phi) is 9.39. The fourth-order valence-corrected chi connectivity index (χ4v) is 4.11. The summed E-state index contributed by atoms with van der Waals surface area (Å²) in [4.78, 5) is 17.4. The van der Waals surface area contributed by atoms with E-state index in [-0.39, 0.29) is 5.91 Å². The highest BCUT2D eigenvalue weighted by Crippen LogP contribution is 2.27. The van der Waals surface area contributed by atoms with E-state index in [0.29, 0.717) is 30.7 Å². The van der Waals surface area contributed by atoms with Crippen molar-refractivity contribution in [1.82, 2.24) is 16.0 Å². The Balaban J connectivity index is 1.56. The number of hydrogen-bond donors (Lipinski definition) is 3. The molecule has 1 aliphatic carbocycles. The van der Waals surface area contributed by atoms with Crippen LogP contribution in [-0.2, 0) is 4.79 Å².